The molecule has 2 aromatic rings. The van der Waals surface area contributed by atoms with Gasteiger partial charge in [0.25, 0.3) is 0 Å². The van der Waals surface area contributed by atoms with Gasteiger partial charge in [0, 0.05) is 36.0 Å². The van der Waals surface area contributed by atoms with Gasteiger partial charge in [0.05, 0.1) is 0 Å². The van der Waals surface area contributed by atoms with Gasteiger partial charge >= 0.3 is 0 Å². The molecule has 6 nitrogen and oxygen atoms in total. The minimum Gasteiger partial charge on any atom is -0.454 e. The lowest BCUT2D eigenvalue weighted by molar-refractivity contribution is -0.115. The molecular weight excluding hydrogens is 308 g/mol. The Labute approximate surface area is 139 Å². The van der Waals surface area contributed by atoms with Gasteiger partial charge in [-0.15, -0.1) is 0 Å². The zero-order valence-electron chi connectivity index (χ0n) is 13.3. The largest absolute Gasteiger partial charge is 0.454 e. The van der Waals surface area contributed by atoms with Crippen LogP contribution in [0.25, 0.3) is 0 Å². The van der Waals surface area contributed by atoms with Crippen molar-refractivity contribution in [1.29, 1.82) is 0 Å². The quantitative estimate of drug-likeness (QED) is 0.798. The standard InChI is InChI=1S/C18H18N2O4/c1-12(21)13-2-4-14(5-3-13)19-9-8-18(22)20-15-6-7-16-17(10-15)24-11-23-16/h2-7,10,19H,8-9,11H2,1H3,(H,20,22). The number of nitrogens with one attached hydrogen (secondary N) is 2. The maximum Gasteiger partial charge on any atom is 0.231 e. The molecule has 0 saturated carbocycles. The third-order valence-corrected chi connectivity index (χ3v) is 3.63. The number of carbonyl (C=O) groups is 2. The van der Waals surface area contributed by atoms with Crippen LogP contribution >= 0.6 is 0 Å². The fourth-order valence-electron chi connectivity index (χ4n) is 2.34. The maximum absolute atomic E-state index is 12.0. The summed E-state index contributed by atoms with van der Waals surface area (Å²) in [6.07, 6.45) is 0.322. The highest BCUT2D eigenvalue weighted by Crippen LogP contribution is 2.34. The molecular formula is C18H18N2O4. The van der Waals surface area contributed by atoms with Crippen molar-refractivity contribution >= 4 is 23.1 Å². The summed E-state index contributed by atoms with van der Waals surface area (Å²) in [7, 11) is 0. The van der Waals surface area contributed by atoms with E-state index < -0.39 is 0 Å². The van der Waals surface area contributed by atoms with Crippen LogP contribution in [0.1, 0.15) is 23.7 Å². The van der Waals surface area contributed by atoms with Crippen LogP contribution in [0, 0.1) is 0 Å². The van der Waals surface area contributed by atoms with E-state index >= 15 is 0 Å². The number of benzene rings is 2. The van der Waals surface area contributed by atoms with Crippen LogP contribution in [0.5, 0.6) is 11.5 Å². The SMILES string of the molecule is CC(=O)c1ccc(NCCC(=O)Nc2ccc3c(c2)OCO3)cc1. The summed E-state index contributed by atoms with van der Waals surface area (Å²) in [6.45, 7) is 2.23. The highest BCUT2D eigenvalue weighted by Gasteiger charge is 2.14. The average molecular weight is 326 g/mol. The topological polar surface area (TPSA) is 76.7 Å². The van der Waals surface area contributed by atoms with Gasteiger partial charge in [-0.1, -0.05) is 0 Å². The Morgan fingerprint density at radius 3 is 2.46 bits per heavy atom. The fourth-order valence-corrected chi connectivity index (χ4v) is 2.34. The molecule has 0 aliphatic carbocycles. The average Bonchev–Trinajstić information content (AvgIpc) is 3.03. The van der Waals surface area contributed by atoms with Crippen LogP contribution in [0.3, 0.4) is 0 Å². The Balaban J connectivity index is 1.46. The first-order chi connectivity index (χ1) is 11.6. The molecule has 0 atom stereocenters. The van der Waals surface area contributed by atoms with Crippen LogP contribution in [0.4, 0.5) is 11.4 Å². The Morgan fingerprint density at radius 1 is 1.00 bits per heavy atom. The van der Waals surface area contributed by atoms with Crippen molar-refractivity contribution in [1.82, 2.24) is 0 Å². The molecule has 124 valence electrons. The summed E-state index contributed by atoms with van der Waals surface area (Å²) < 4.78 is 10.5. The molecule has 0 spiro atoms. The molecule has 6 heteroatoms. The second-order valence-electron chi connectivity index (χ2n) is 5.43. The summed E-state index contributed by atoms with van der Waals surface area (Å²) in [5.74, 6) is 1.26. The third kappa shape index (κ3) is 3.84. The van der Waals surface area contributed by atoms with E-state index in [9.17, 15) is 9.59 Å². The van der Waals surface area contributed by atoms with Crippen LogP contribution in [-0.4, -0.2) is 25.0 Å². The second-order valence-corrected chi connectivity index (χ2v) is 5.43. The van der Waals surface area contributed by atoms with E-state index in [2.05, 4.69) is 10.6 Å². The number of carbonyl (C=O) groups excluding carboxylic acids is 2. The molecule has 0 radical (unpaired) electrons. The number of amides is 1. The maximum atomic E-state index is 12.0. The number of ether oxygens (including phenoxy) is 2. The molecule has 1 aliphatic rings. The van der Waals surface area contributed by atoms with Crippen molar-refractivity contribution in [3.8, 4) is 11.5 Å². The fraction of sp³-hybridized carbons (Fsp3) is 0.222. The number of anilines is 2. The van der Waals surface area contributed by atoms with Crippen molar-refractivity contribution in [2.45, 2.75) is 13.3 Å². The molecule has 1 heterocycles. The predicted molar refractivity (Wildman–Crippen MR) is 90.7 cm³/mol. The van der Waals surface area contributed by atoms with E-state index in [0.717, 1.165) is 5.69 Å². The van der Waals surface area contributed by atoms with Crippen LogP contribution in [0.2, 0.25) is 0 Å². The highest BCUT2D eigenvalue weighted by atomic mass is 16.7. The van der Waals surface area contributed by atoms with Crippen molar-refractivity contribution in [3.63, 3.8) is 0 Å². The van der Waals surface area contributed by atoms with E-state index in [-0.39, 0.29) is 18.5 Å². The van der Waals surface area contributed by atoms with Gasteiger partial charge in [-0.05, 0) is 43.3 Å². The molecule has 2 N–H and O–H groups in total. The van der Waals surface area contributed by atoms with Gasteiger partial charge in [0.2, 0.25) is 12.7 Å². The monoisotopic (exact) mass is 326 g/mol. The highest BCUT2D eigenvalue weighted by molar-refractivity contribution is 5.94. The minimum atomic E-state index is -0.0956. The Bertz CT molecular complexity index is 756. The number of ketones is 1. The molecule has 3 rings (SSSR count). The zero-order valence-corrected chi connectivity index (χ0v) is 13.3. The summed E-state index contributed by atoms with van der Waals surface area (Å²) >= 11 is 0. The van der Waals surface area contributed by atoms with Crippen LogP contribution in [-0.2, 0) is 4.79 Å². The van der Waals surface area contributed by atoms with Gasteiger partial charge in [-0.25, -0.2) is 0 Å². The third-order valence-electron chi connectivity index (χ3n) is 3.63. The number of Topliss-reactive ketones (excluding diaryl/α,β-unsaturated/α-hetero) is 1. The first-order valence-electron chi connectivity index (χ1n) is 7.66. The molecule has 0 saturated heterocycles. The first-order valence-corrected chi connectivity index (χ1v) is 7.66. The summed E-state index contributed by atoms with van der Waals surface area (Å²) in [6, 6.07) is 12.5. The lowest BCUT2D eigenvalue weighted by Gasteiger charge is -2.08. The second kappa shape index (κ2) is 7.04. The smallest absolute Gasteiger partial charge is 0.231 e. The summed E-state index contributed by atoms with van der Waals surface area (Å²) in [5, 5.41) is 5.98. The van der Waals surface area contributed by atoms with Gasteiger partial charge in [-0.3, -0.25) is 9.59 Å². The lowest BCUT2D eigenvalue weighted by Crippen LogP contribution is -2.16. The Kier molecular flexibility index (Phi) is 4.65. The molecule has 24 heavy (non-hydrogen) atoms. The first kappa shape index (κ1) is 15.9. The predicted octanol–water partition coefficient (Wildman–Crippen LogP) is 3.06. The van der Waals surface area contributed by atoms with Gasteiger partial charge in [0.1, 0.15) is 0 Å². The molecule has 0 bridgehead atoms. The molecule has 1 aliphatic heterocycles. The number of hydrogen-bond donors (Lipinski definition) is 2. The Hall–Kier alpha value is -3.02. The van der Waals surface area contributed by atoms with Crippen LogP contribution < -0.4 is 20.1 Å². The lowest BCUT2D eigenvalue weighted by atomic mass is 10.1. The number of hydrogen-bond acceptors (Lipinski definition) is 5. The van der Waals surface area contributed by atoms with Crippen molar-refractivity contribution in [2.24, 2.45) is 0 Å². The number of fused-ring (bicyclic) bond motifs is 1. The zero-order chi connectivity index (χ0) is 16.9. The minimum absolute atomic E-state index is 0.0321. The van der Waals surface area contributed by atoms with Crippen molar-refractivity contribution < 1.29 is 19.1 Å². The van der Waals surface area contributed by atoms with Gasteiger partial charge < -0.3 is 20.1 Å². The van der Waals surface area contributed by atoms with Crippen molar-refractivity contribution in [2.75, 3.05) is 24.0 Å². The number of rotatable bonds is 6. The van der Waals surface area contributed by atoms with E-state index in [1.54, 1.807) is 30.3 Å². The van der Waals surface area contributed by atoms with Crippen LogP contribution in [0.15, 0.2) is 42.5 Å². The van der Waals surface area contributed by atoms with Gasteiger partial charge in [0.15, 0.2) is 17.3 Å². The van der Waals surface area contributed by atoms with Crippen molar-refractivity contribution in [3.05, 3.63) is 48.0 Å². The summed E-state index contributed by atoms with van der Waals surface area (Å²) in [4.78, 5) is 23.2. The molecule has 0 fully saturated rings. The Morgan fingerprint density at radius 2 is 1.71 bits per heavy atom. The van der Waals surface area contributed by atoms with E-state index in [4.69, 9.17) is 9.47 Å². The van der Waals surface area contributed by atoms with E-state index in [0.29, 0.717) is 35.7 Å². The molecule has 1 amide bonds. The summed E-state index contributed by atoms with van der Waals surface area (Å²) in [5.41, 5.74) is 2.21. The molecule has 0 unspecified atom stereocenters. The van der Waals surface area contributed by atoms with Gasteiger partial charge in [-0.2, -0.15) is 0 Å². The molecule has 2 aromatic carbocycles. The van der Waals surface area contributed by atoms with E-state index in [1.165, 1.54) is 6.92 Å². The molecule has 0 aromatic heterocycles. The van der Waals surface area contributed by atoms with E-state index in [1.807, 2.05) is 12.1 Å². The normalized spacial score (nSPS) is 11.9.